The molecular formula is C35H44N2O5P2+2. The molecule has 1 aliphatic rings. The molecule has 0 saturated heterocycles. The van der Waals surface area contributed by atoms with Crippen LogP contribution in [0.25, 0.3) is 22.5 Å². The SMILES string of the molecule is CCOP(C)(=O)Cc1ccc(-[n+]2ccc3c(c2)C(C)(C)c2c[n+](-c4ccc(CP(=O)(OCC)OCC)cc4C)ccc2-3)cc1. The van der Waals surface area contributed by atoms with Gasteiger partial charge in [-0.3, -0.25) is 9.13 Å². The first-order chi connectivity index (χ1) is 20.9. The molecule has 2 heterocycles. The van der Waals surface area contributed by atoms with Gasteiger partial charge in [0, 0.05) is 65.3 Å². The number of hydrogen-bond acceptors (Lipinski definition) is 5. The fourth-order valence-electron chi connectivity index (χ4n) is 6.19. The summed E-state index contributed by atoms with van der Waals surface area (Å²) in [7, 11) is -5.82. The maximum atomic E-state index is 13.1. The van der Waals surface area contributed by atoms with Gasteiger partial charge in [0.1, 0.15) is 0 Å². The summed E-state index contributed by atoms with van der Waals surface area (Å²) in [6.07, 6.45) is 9.38. The third-order valence-electron chi connectivity index (χ3n) is 8.23. The Bertz CT molecular complexity index is 1760. The highest BCUT2D eigenvalue weighted by Gasteiger charge is 2.40. The number of nitrogens with zero attached hydrogens (tertiary/aromatic N) is 2. The van der Waals surface area contributed by atoms with E-state index in [0.29, 0.717) is 26.0 Å². The van der Waals surface area contributed by atoms with E-state index in [1.807, 2.05) is 39.0 Å². The van der Waals surface area contributed by atoms with Crippen LogP contribution in [0.3, 0.4) is 0 Å². The fourth-order valence-corrected chi connectivity index (χ4v) is 9.39. The zero-order valence-corrected chi connectivity index (χ0v) is 28.7. The number of hydrogen-bond donors (Lipinski definition) is 0. The number of fused-ring (bicyclic) bond motifs is 3. The summed E-state index contributed by atoms with van der Waals surface area (Å²) < 4.78 is 46.6. The minimum Gasteiger partial charge on any atom is -0.329 e. The molecule has 1 aliphatic carbocycles. The molecule has 0 bridgehead atoms. The molecule has 9 heteroatoms. The average molecular weight is 635 g/mol. The van der Waals surface area contributed by atoms with Gasteiger partial charge >= 0.3 is 7.60 Å². The molecule has 2 aromatic carbocycles. The molecule has 0 fully saturated rings. The molecular weight excluding hydrogens is 590 g/mol. The number of aromatic nitrogens is 2. The van der Waals surface area contributed by atoms with Crippen LogP contribution in [0, 0.1) is 6.92 Å². The Balaban J connectivity index is 1.41. The standard InChI is InChI=1S/C35H44N2O5P2/c1-8-40-43(7,38)24-27-11-14-29(15-12-27)36-19-17-30-31-18-20-37(23-33(31)35(5,6)32(30)22-36)34-16-13-28(21-26(34)4)25-44(39,41-9-2)42-10-3/h11-23H,8-10,24-25H2,1-7H3/q+2. The molecule has 7 nitrogen and oxygen atoms in total. The van der Waals surface area contributed by atoms with E-state index in [1.54, 1.807) is 6.66 Å². The van der Waals surface area contributed by atoms with Gasteiger partial charge in [-0.15, -0.1) is 0 Å². The lowest BCUT2D eigenvalue weighted by Crippen LogP contribution is -2.34. The third kappa shape index (κ3) is 6.68. The summed E-state index contributed by atoms with van der Waals surface area (Å²) in [4.78, 5) is 0. The zero-order valence-electron chi connectivity index (χ0n) is 26.9. The average Bonchev–Trinajstić information content (AvgIpc) is 3.19. The molecule has 2 aromatic heterocycles. The van der Waals surface area contributed by atoms with E-state index < -0.39 is 15.0 Å². The summed E-state index contributed by atoms with van der Waals surface area (Å²) in [6, 6.07) is 18.8. The van der Waals surface area contributed by atoms with Gasteiger partial charge in [0.2, 0.25) is 18.7 Å². The second-order valence-corrected chi connectivity index (χ2v) is 16.6. The van der Waals surface area contributed by atoms with E-state index in [9.17, 15) is 9.13 Å². The molecule has 0 amide bonds. The predicted molar refractivity (Wildman–Crippen MR) is 175 cm³/mol. The second-order valence-electron chi connectivity index (χ2n) is 12.0. The monoisotopic (exact) mass is 634 g/mol. The first-order valence-electron chi connectivity index (χ1n) is 15.3. The normalized spacial score (nSPS) is 15.1. The van der Waals surface area contributed by atoms with Gasteiger partial charge in [-0.2, -0.15) is 9.13 Å². The Morgan fingerprint density at radius 3 is 1.82 bits per heavy atom. The summed E-state index contributed by atoms with van der Waals surface area (Å²) in [5.74, 6) is 0. The molecule has 0 N–H and O–H groups in total. The van der Waals surface area contributed by atoms with Crippen LogP contribution in [0.15, 0.2) is 79.4 Å². The van der Waals surface area contributed by atoms with Crippen molar-refractivity contribution in [1.29, 1.82) is 0 Å². The first-order valence-corrected chi connectivity index (χ1v) is 19.3. The van der Waals surface area contributed by atoms with Gasteiger partial charge in [0.15, 0.2) is 24.8 Å². The Labute approximate surface area is 261 Å². The van der Waals surface area contributed by atoms with Crippen molar-refractivity contribution in [2.24, 2.45) is 0 Å². The summed E-state index contributed by atoms with van der Waals surface area (Å²) in [6.45, 7) is 15.0. The van der Waals surface area contributed by atoms with Gasteiger partial charge in [-0.1, -0.05) is 32.0 Å². The zero-order chi connectivity index (χ0) is 31.7. The van der Waals surface area contributed by atoms with E-state index in [1.165, 1.54) is 22.3 Å². The molecule has 232 valence electrons. The van der Waals surface area contributed by atoms with E-state index >= 15 is 0 Å². The molecule has 0 aliphatic heterocycles. The number of pyridine rings is 2. The summed E-state index contributed by atoms with van der Waals surface area (Å²) >= 11 is 0. The highest BCUT2D eigenvalue weighted by molar-refractivity contribution is 7.57. The number of aryl methyl sites for hydroxylation is 1. The van der Waals surface area contributed by atoms with Crippen molar-refractivity contribution in [3.8, 4) is 22.5 Å². The maximum Gasteiger partial charge on any atom is 0.335 e. The number of benzene rings is 2. The van der Waals surface area contributed by atoms with Crippen LogP contribution in [0.2, 0.25) is 0 Å². The Hall–Kier alpha value is -2.92. The van der Waals surface area contributed by atoms with E-state index in [2.05, 4.69) is 91.1 Å². The van der Waals surface area contributed by atoms with E-state index in [-0.39, 0.29) is 11.6 Å². The largest absolute Gasteiger partial charge is 0.335 e. The van der Waals surface area contributed by atoms with Gasteiger partial charge in [0.05, 0.1) is 26.0 Å². The van der Waals surface area contributed by atoms with Crippen LogP contribution in [0.5, 0.6) is 0 Å². The Morgan fingerprint density at radius 2 is 1.25 bits per heavy atom. The highest BCUT2D eigenvalue weighted by atomic mass is 31.2. The van der Waals surface area contributed by atoms with Crippen molar-refractivity contribution >= 4 is 15.0 Å². The molecule has 44 heavy (non-hydrogen) atoms. The van der Waals surface area contributed by atoms with Crippen LogP contribution in [-0.4, -0.2) is 26.5 Å². The fraction of sp³-hybridized carbons (Fsp3) is 0.371. The second kappa shape index (κ2) is 12.8. The lowest BCUT2D eigenvalue weighted by Gasteiger charge is -2.19. The lowest BCUT2D eigenvalue weighted by atomic mass is 9.84. The molecule has 4 aromatic rings. The quantitative estimate of drug-likeness (QED) is 0.117. The maximum absolute atomic E-state index is 13.1. The van der Waals surface area contributed by atoms with Crippen molar-refractivity contribution in [2.45, 2.75) is 59.3 Å². The van der Waals surface area contributed by atoms with Crippen molar-refractivity contribution in [1.82, 2.24) is 0 Å². The van der Waals surface area contributed by atoms with Gasteiger partial charge in [-0.05, 0) is 56.0 Å². The van der Waals surface area contributed by atoms with Crippen LogP contribution < -0.4 is 9.13 Å². The highest BCUT2D eigenvalue weighted by Crippen LogP contribution is 2.51. The topological polar surface area (TPSA) is 69.6 Å². The first kappa shape index (κ1) is 32.5. The smallest absolute Gasteiger partial charge is 0.329 e. The Morgan fingerprint density at radius 1 is 0.705 bits per heavy atom. The molecule has 1 unspecified atom stereocenters. The van der Waals surface area contributed by atoms with Gasteiger partial charge in [-0.25, -0.2) is 0 Å². The van der Waals surface area contributed by atoms with Crippen LogP contribution in [-0.2, 0) is 40.4 Å². The third-order valence-corrected chi connectivity index (χ3v) is 12.0. The van der Waals surface area contributed by atoms with E-state index in [0.717, 1.165) is 28.1 Å². The Kier molecular flexibility index (Phi) is 9.47. The predicted octanol–water partition coefficient (Wildman–Crippen LogP) is 8.07. The van der Waals surface area contributed by atoms with Crippen LogP contribution in [0.1, 0.15) is 62.4 Å². The van der Waals surface area contributed by atoms with Crippen molar-refractivity contribution in [3.63, 3.8) is 0 Å². The van der Waals surface area contributed by atoms with Crippen LogP contribution in [0.4, 0.5) is 0 Å². The minimum absolute atomic E-state index is 0.210. The van der Waals surface area contributed by atoms with Gasteiger partial charge < -0.3 is 13.6 Å². The van der Waals surface area contributed by atoms with E-state index in [4.69, 9.17) is 13.6 Å². The number of rotatable bonds is 12. The van der Waals surface area contributed by atoms with Crippen LogP contribution >= 0.6 is 15.0 Å². The van der Waals surface area contributed by atoms with Crippen molar-refractivity contribution in [3.05, 3.63) is 107 Å². The molecule has 5 rings (SSSR count). The minimum atomic E-state index is -3.18. The molecule has 0 saturated carbocycles. The summed E-state index contributed by atoms with van der Waals surface area (Å²) in [5.41, 5.74) is 9.94. The summed E-state index contributed by atoms with van der Waals surface area (Å²) in [5, 5.41) is 0. The van der Waals surface area contributed by atoms with Gasteiger partial charge in [0.25, 0.3) is 0 Å². The van der Waals surface area contributed by atoms with Crippen molar-refractivity contribution in [2.75, 3.05) is 26.5 Å². The molecule has 1 atom stereocenters. The molecule has 0 radical (unpaired) electrons. The molecule has 0 spiro atoms. The lowest BCUT2D eigenvalue weighted by molar-refractivity contribution is -0.596. The van der Waals surface area contributed by atoms with Crippen molar-refractivity contribution < 1.29 is 31.8 Å².